The van der Waals surface area contributed by atoms with Gasteiger partial charge in [-0.15, -0.1) is 0 Å². The number of para-hydroxylation sites is 2. The Labute approximate surface area is 164 Å². The summed E-state index contributed by atoms with van der Waals surface area (Å²) in [6, 6.07) is 24.0. The molecule has 0 aliphatic heterocycles. The molecule has 3 rings (SSSR count). The smallest absolute Gasteiger partial charge is 0.349 e. The van der Waals surface area contributed by atoms with E-state index in [4.69, 9.17) is 18.9 Å². The van der Waals surface area contributed by atoms with E-state index in [1.54, 1.807) is 36.4 Å². The second-order valence-electron chi connectivity index (χ2n) is 5.89. The molecule has 5 nitrogen and oxygen atoms in total. The fraction of sp³-hybridized carbons (Fsp3) is 0.174. The Morgan fingerprint density at radius 2 is 1.32 bits per heavy atom. The van der Waals surface area contributed by atoms with Gasteiger partial charge in [0.05, 0.1) is 6.61 Å². The molecular formula is C23H22O5. The van der Waals surface area contributed by atoms with Crippen molar-refractivity contribution < 1.29 is 23.7 Å². The average Bonchev–Trinajstić information content (AvgIpc) is 2.74. The van der Waals surface area contributed by atoms with E-state index in [1.807, 2.05) is 49.4 Å². The zero-order valence-corrected chi connectivity index (χ0v) is 15.7. The number of hydrogen-bond acceptors (Lipinski definition) is 5. The molecule has 0 heterocycles. The van der Waals surface area contributed by atoms with Crippen molar-refractivity contribution in [1.82, 2.24) is 0 Å². The SMILES string of the molecule is CCOc1ccccc1OCC(=O)Oc1ccc(OCc2ccccc2)cc1. The van der Waals surface area contributed by atoms with Crippen molar-refractivity contribution >= 4 is 5.97 Å². The maximum Gasteiger partial charge on any atom is 0.349 e. The molecule has 0 aliphatic rings. The van der Waals surface area contributed by atoms with Crippen molar-refractivity contribution in [2.45, 2.75) is 13.5 Å². The summed E-state index contributed by atoms with van der Waals surface area (Å²) in [5, 5.41) is 0. The van der Waals surface area contributed by atoms with Crippen LogP contribution in [0.1, 0.15) is 12.5 Å². The molecule has 0 N–H and O–H groups in total. The van der Waals surface area contributed by atoms with Crippen LogP contribution in [0.5, 0.6) is 23.0 Å². The van der Waals surface area contributed by atoms with Gasteiger partial charge in [-0.25, -0.2) is 4.79 Å². The third-order valence-corrected chi connectivity index (χ3v) is 3.80. The number of carbonyl (C=O) groups excluding carboxylic acids is 1. The first-order valence-electron chi connectivity index (χ1n) is 9.06. The van der Waals surface area contributed by atoms with Crippen LogP contribution in [0, 0.1) is 0 Å². The lowest BCUT2D eigenvalue weighted by Crippen LogP contribution is -2.18. The molecule has 0 saturated carbocycles. The van der Waals surface area contributed by atoms with Gasteiger partial charge in [0.25, 0.3) is 0 Å². The summed E-state index contributed by atoms with van der Waals surface area (Å²) in [6.07, 6.45) is 0. The van der Waals surface area contributed by atoms with Gasteiger partial charge < -0.3 is 18.9 Å². The molecule has 0 bridgehead atoms. The number of benzene rings is 3. The van der Waals surface area contributed by atoms with Crippen molar-refractivity contribution in [3.8, 4) is 23.0 Å². The summed E-state index contributed by atoms with van der Waals surface area (Å²) in [7, 11) is 0. The molecule has 144 valence electrons. The molecule has 0 saturated heterocycles. The van der Waals surface area contributed by atoms with E-state index in [1.165, 1.54) is 0 Å². The summed E-state index contributed by atoms with van der Waals surface area (Å²) in [4.78, 5) is 12.0. The first-order valence-corrected chi connectivity index (χ1v) is 9.06. The summed E-state index contributed by atoms with van der Waals surface area (Å²) in [5.41, 5.74) is 1.09. The number of rotatable bonds is 9. The Morgan fingerprint density at radius 3 is 2.00 bits per heavy atom. The molecule has 0 amide bonds. The van der Waals surface area contributed by atoms with E-state index >= 15 is 0 Å². The highest BCUT2D eigenvalue weighted by atomic mass is 16.6. The van der Waals surface area contributed by atoms with Crippen molar-refractivity contribution in [3.63, 3.8) is 0 Å². The monoisotopic (exact) mass is 378 g/mol. The summed E-state index contributed by atoms with van der Waals surface area (Å²) in [5.74, 6) is 1.73. The Kier molecular flexibility index (Phi) is 6.90. The molecule has 0 spiro atoms. The fourth-order valence-electron chi connectivity index (χ4n) is 2.49. The first kappa shape index (κ1) is 19.3. The minimum atomic E-state index is -0.496. The third kappa shape index (κ3) is 5.77. The van der Waals surface area contributed by atoms with Crippen LogP contribution in [-0.4, -0.2) is 19.2 Å². The van der Waals surface area contributed by atoms with Crippen LogP contribution >= 0.6 is 0 Å². The zero-order chi connectivity index (χ0) is 19.6. The molecule has 0 aromatic heterocycles. The Bertz CT molecular complexity index is 875. The van der Waals surface area contributed by atoms with Gasteiger partial charge in [-0.3, -0.25) is 0 Å². The Morgan fingerprint density at radius 1 is 0.714 bits per heavy atom. The maximum atomic E-state index is 12.0. The molecule has 0 fully saturated rings. The molecule has 0 atom stereocenters. The number of carbonyl (C=O) groups is 1. The molecule has 28 heavy (non-hydrogen) atoms. The Hall–Kier alpha value is -3.47. The lowest BCUT2D eigenvalue weighted by Gasteiger charge is -2.11. The predicted octanol–water partition coefficient (Wildman–Crippen LogP) is 4.65. The third-order valence-electron chi connectivity index (χ3n) is 3.80. The van der Waals surface area contributed by atoms with Crippen molar-refractivity contribution in [1.29, 1.82) is 0 Å². The first-order chi connectivity index (χ1) is 13.7. The highest BCUT2D eigenvalue weighted by Gasteiger charge is 2.09. The second-order valence-corrected chi connectivity index (χ2v) is 5.89. The molecule has 3 aromatic carbocycles. The largest absolute Gasteiger partial charge is 0.490 e. The number of hydrogen-bond donors (Lipinski definition) is 0. The van der Waals surface area contributed by atoms with E-state index in [0.717, 1.165) is 5.56 Å². The number of ether oxygens (including phenoxy) is 4. The molecule has 3 aromatic rings. The van der Waals surface area contributed by atoms with Gasteiger partial charge in [0.1, 0.15) is 18.1 Å². The van der Waals surface area contributed by atoms with Crippen LogP contribution < -0.4 is 18.9 Å². The average molecular weight is 378 g/mol. The molecule has 0 unspecified atom stereocenters. The van der Waals surface area contributed by atoms with Crippen LogP contribution in [0.15, 0.2) is 78.9 Å². The van der Waals surface area contributed by atoms with Gasteiger partial charge in [-0.1, -0.05) is 42.5 Å². The molecular weight excluding hydrogens is 356 g/mol. The highest BCUT2D eigenvalue weighted by Crippen LogP contribution is 2.26. The summed E-state index contributed by atoms with van der Waals surface area (Å²) < 4.78 is 22.0. The van der Waals surface area contributed by atoms with Crippen molar-refractivity contribution in [2.75, 3.05) is 13.2 Å². The standard InChI is InChI=1S/C23H22O5/c1-2-25-21-10-6-7-11-22(21)27-17-23(24)28-20-14-12-19(13-15-20)26-16-18-8-4-3-5-9-18/h3-15H,2,16-17H2,1H3. The van der Waals surface area contributed by atoms with Crippen LogP contribution in [0.4, 0.5) is 0 Å². The van der Waals surface area contributed by atoms with Gasteiger partial charge in [-0.2, -0.15) is 0 Å². The van der Waals surface area contributed by atoms with Gasteiger partial charge in [0.15, 0.2) is 18.1 Å². The van der Waals surface area contributed by atoms with Gasteiger partial charge in [0.2, 0.25) is 0 Å². The topological polar surface area (TPSA) is 54.0 Å². The van der Waals surface area contributed by atoms with E-state index in [2.05, 4.69) is 0 Å². The van der Waals surface area contributed by atoms with Crippen LogP contribution in [0.3, 0.4) is 0 Å². The second kappa shape index (κ2) is 10.0. The number of esters is 1. The van der Waals surface area contributed by atoms with Gasteiger partial charge >= 0.3 is 5.97 Å². The lowest BCUT2D eigenvalue weighted by molar-refractivity contribution is -0.136. The molecule has 0 aliphatic carbocycles. The van der Waals surface area contributed by atoms with E-state index in [0.29, 0.717) is 36.2 Å². The fourth-order valence-corrected chi connectivity index (χ4v) is 2.49. The van der Waals surface area contributed by atoms with Crippen molar-refractivity contribution in [2.24, 2.45) is 0 Å². The molecule has 0 radical (unpaired) electrons. The quantitative estimate of drug-likeness (QED) is 0.401. The van der Waals surface area contributed by atoms with Gasteiger partial charge in [-0.05, 0) is 48.9 Å². The van der Waals surface area contributed by atoms with E-state index in [9.17, 15) is 4.79 Å². The van der Waals surface area contributed by atoms with Gasteiger partial charge in [0, 0.05) is 0 Å². The zero-order valence-electron chi connectivity index (χ0n) is 15.7. The van der Waals surface area contributed by atoms with Crippen molar-refractivity contribution in [3.05, 3.63) is 84.4 Å². The van der Waals surface area contributed by atoms with Crippen LogP contribution in [0.2, 0.25) is 0 Å². The minimum absolute atomic E-state index is 0.212. The summed E-state index contributed by atoms with van der Waals surface area (Å²) >= 11 is 0. The van der Waals surface area contributed by atoms with Crippen LogP contribution in [0.25, 0.3) is 0 Å². The summed E-state index contributed by atoms with van der Waals surface area (Å²) in [6.45, 7) is 2.67. The predicted molar refractivity (Wildman–Crippen MR) is 106 cm³/mol. The Balaban J connectivity index is 1.48. The van der Waals surface area contributed by atoms with E-state index in [-0.39, 0.29) is 6.61 Å². The lowest BCUT2D eigenvalue weighted by atomic mass is 10.2. The maximum absolute atomic E-state index is 12.0. The highest BCUT2D eigenvalue weighted by molar-refractivity contribution is 5.74. The minimum Gasteiger partial charge on any atom is -0.490 e. The normalized spacial score (nSPS) is 10.2. The van der Waals surface area contributed by atoms with E-state index < -0.39 is 5.97 Å². The molecule has 5 heteroatoms. The van der Waals surface area contributed by atoms with Crippen LogP contribution in [-0.2, 0) is 11.4 Å².